The predicted octanol–water partition coefficient (Wildman–Crippen LogP) is 5.41. The van der Waals surface area contributed by atoms with Gasteiger partial charge in [-0.25, -0.2) is 0 Å². The summed E-state index contributed by atoms with van der Waals surface area (Å²) in [6.07, 6.45) is 4.10. The smallest absolute Gasteiger partial charge is 0.0157 e. The first kappa shape index (κ1) is 12.7. The van der Waals surface area contributed by atoms with Gasteiger partial charge in [-0.2, -0.15) is 0 Å². The first-order chi connectivity index (χ1) is 7.89. The van der Waals surface area contributed by atoms with Crippen molar-refractivity contribution < 1.29 is 0 Å². The first-order valence-corrected chi connectivity index (χ1v) is 6.99. The molecule has 1 saturated carbocycles. The van der Waals surface area contributed by atoms with E-state index in [0.717, 1.165) is 5.92 Å². The molecule has 1 aromatic carbocycles. The zero-order valence-electron chi connectivity index (χ0n) is 12.0. The maximum Gasteiger partial charge on any atom is -0.0157 e. The molecule has 0 spiro atoms. The van der Waals surface area contributed by atoms with Crippen molar-refractivity contribution >= 4 is 0 Å². The van der Waals surface area contributed by atoms with Crippen molar-refractivity contribution in [2.24, 2.45) is 5.41 Å². The Balaban J connectivity index is 2.26. The van der Waals surface area contributed by atoms with Crippen LogP contribution < -0.4 is 0 Å². The Labute approximate surface area is 106 Å². The third-order valence-electron chi connectivity index (χ3n) is 4.37. The maximum absolute atomic E-state index is 2.46. The van der Waals surface area contributed by atoms with Crippen LogP contribution in [-0.4, -0.2) is 0 Å². The van der Waals surface area contributed by atoms with Crippen molar-refractivity contribution in [3.8, 4) is 0 Å². The minimum atomic E-state index is 0.549. The molecule has 0 amide bonds. The van der Waals surface area contributed by atoms with Crippen molar-refractivity contribution in [3.05, 3.63) is 34.9 Å². The summed E-state index contributed by atoms with van der Waals surface area (Å²) in [6.45, 7) is 11.6. The van der Waals surface area contributed by atoms with Gasteiger partial charge in [0.25, 0.3) is 0 Å². The molecule has 0 aliphatic heterocycles. The van der Waals surface area contributed by atoms with Crippen LogP contribution in [-0.2, 0) is 0 Å². The Bertz CT molecular complexity index is 398. The highest BCUT2D eigenvalue weighted by Crippen LogP contribution is 2.46. The van der Waals surface area contributed by atoms with Crippen LogP contribution in [0.4, 0.5) is 0 Å². The summed E-state index contributed by atoms with van der Waals surface area (Å²) in [4.78, 5) is 0. The van der Waals surface area contributed by atoms with Crippen molar-refractivity contribution in [3.63, 3.8) is 0 Å². The van der Waals surface area contributed by atoms with E-state index in [1.807, 2.05) is 0 Å². The predicted molar refractivity (Wildman–Crippen MR) is 75.6 cm³/mol. The molecule has 0 heteroatoms. The first-order valence-electron chi connectivity index (χ1n) is 6.99. The largest absolute Gasteiger partial charge is 0.0599 e. The van der Waals surface area contributed by atoms with Gasteiger partial charge in [0.15, 0.2) is 0 Å². The lowest BCUT2D eigenvalue weighted by molar-refractivity contribution is 0.376. The summed E-state index contributed by atoms with van der Waals surface area (Å²) in [5.74, 6) is 1.44. The van der Waals surface area contributed by atoms with Crippen molar-refractivity contribution in [1.82, 2.24) is 0 Å². The van der Waals surface area contributed by atoms with E-state index in [-0.39, 0.29) is 0 Å². The third-order valence-corrected chi connectivity index (χ3v) is 4.37. The van der Waals surface area contributed by atoms with E-state index >= 15 is 0 Å². The Hall–Kier alpha value is -0.780. The topological polar surface area (TPSA) is 0 Å². The summed E-state index contributed by atoms with van der Waals surface area (Å²) < 4.78 is 0. The molecule has 94 valence electrons. The molecule has 1 aliphatic carbocycles. The van der Waals surface area contributed by atoms with E-state index in [9.17, 15) is 0 Å². The molecule has 1 atom stereocenters. The van der Waals surface area contributed by atoms with Crippen LogP contribution in [0.2, 0.25) is 0 Å². The molecule has 0 aromatic heterocycles. The second-order valence-electron chi connectivity index (χ2n) is 6.87. The van der Waals surface area contributed by atoms with Gasteiger partial charge in [-0.15, -0.1) is 0 Å². The number of benzene rings is 1. The van der Waals surface area contributed by atoms with Crippen LogP contribution in [0.5, 0.6) is 0 Å². The second-order valence-corrected chi connectivity index (χ2v) is 6.87. The van der Waals surface area contributed by atoms with E-state index in [0.29, 0.717) is 11.3 Å². The molecule has 2 rings (SSSR count). The SMILES string of the molecule is Cc1ccc(C2CCC(C)(C)C2)cc1C(C)C. The van der Waals surface area contributed by atoms with Crippen molar-refractivity contribution in [1.29, 1.82) is 0 Å². The Morgan fingerprint density at radius 2 is 1.94 bits per heavy atom. The molecule has 0 radical (unpaired) electrons. The quantitative estimate of drug-likeness (QED) is 0.637. The highest BCUT2D eigenvalue weighted by molar-refractivity contribution is 5.35. The molecule has 1 aromatic rings. The average molecular weight is 230 g/mol. The summed E-state index contributed by atoms with van der Waals surface area (Å²) in [6, 6.07) is 7.13. The highest BCUT2D eigenvalue weighted by atomic mass is 14.4. The fourth-order valence-electron chi connectivity index (χ4n) is 3.26. The number of rotatable bonds is 2. The molecular weight excluding hydrogens is 204 g/mol. The zero-order chi connectivity index (χ0) is 12.6. The van der Waals surface area contributed by atoms with Gasteiger partial charge in [0.05, 0.1) is 0 Å². The fourth-order valence-corrected chi connectivity index (χ4v) is 3.26. The van der Waals surface area contributed by atoms with Crippen molar-refractivity contribution in [2.75, 3.05) is 0 Å². The van der Waals surface area contributed by atoms with Crippen LogP contribution in [0.1, 0.15) is 75.5 Å². The van der Waals surface area contributed by atoms with Crippen LogP contribution in [0, 0.1) is 12.3 Å². The lowest BCUT2D eigenvalue weighted by atomic mass is 9.86. The van der Waals surface area contributed by atoms with Crippen LogP contribution in [0.15, 0.2) is 18.2 Å². The number of aryl methyl sites for hydroxylation is 1. The fraction of sp³-hybridized carbons (Fsp3) is 0.647. The normalized spacial score (nSPS) is 23.3. The second kappa shape index (κ2) is 4.48. The molecule has 1 unspecified atom stereocenters. The van der Waals surface area contributed by atoms with E-state index < -0.39 is 0 Å². The highest BCUT2D eigenvalue weighted by Gasteiger charge is 2.31. The molecule has 0 bridgehead atoms. The lowest BCUT2D eigenvalue weighted by Crippen LogP contribution is -2.05. The molecule has 0 nitrogen and oxygen atoms in total. The van der Waals surface area contributed by atoms with Gasteiger partial charge in [-0.05, 0) is 60.1 Å². The number of hydrogen-bond acceptors (Lipinski definition) is 0. The van der Waals surface area contributed by atoms with E-state index in [1.165, 1.54) is 30.4 Å². The standard InChI is InChI=1S/C17H26/c1-12(2)16-10-14(7-6-13(16)3)15-8-9-17(4,5)11-15/h6-7,10,12,15H,8-9,11H2,1-5H3. The van der Waals surface area contributed by atoms with Gasteiger partial charge < -0.3 is 0 Å². The van der Waals surface area contributed by atoms with E-state index in [2.05, 4.69) is 52.8 Å². The minimum absolute atomic E-state index is 0.549. The van der Waals surface area contributed by atoms with Gasteiger partial charge in [0.1, 0.15) is 0 Å². The van der Waals surface area contributed by atoms with Crippen LogP contribution in [0.25, 0.3) is 0 Å². The molecular formula is C17H26. The van der Waals surface area contributed by atoms with Gasteiger partial charge in [0.2, 0.25) is 0 Å². The van der Waals surface area contributed by atoms with E-state index in [4.69, 9.17) is 0 Å². The monoisotopic (exact) mass is 230 g/mol. The maximum atomic E-state index is 2.46. The van der Waals surface area contributed by atoms with Crippen molar-refractivity contribution in [2.45, 2.75) is 65.7 Å². The summed E-state index contributed by atoms with van der Waals surface area (Å²) in [5, 5.41) is 0. The molecule has 1 aliphatic rings. The molecule has 0 saturated heterocycles. The molecule has 17 heavy (non-hydrogen) atoms. The summed E-state index contributed by atoms with van der Waals surface area (Å²) >= 11 is 0. The van der Waals surface area contributed by atoms with Gasteiger partial charge in [-0.1, -0.05) is 45.9 Å². The summed E-state index contributed by atoms with van der Waals surface area (Å²) in [5.41, 5.74) is 5.10. The zero-order valence-corrected chi connectivity index (χ0v) is 12.0. The van der Waals surface area contributed by atoms with Gasteiger partial charge in [0, 0.05) is 0 Å². The van der Waals surface area contributed by atoms with Gasteiger partial charge >= 0.3 is 0 Å². The Morgan fingerprint density at radius 1 is 1.24 bits per heavy atom. The summed E-state index contributed by atoms with van der Waals surface area (Å²) in [7, 11) is 0. The Kier molecular flexibility index (Phi) is 3.34. The average Bonchev–Trinajstić information content (AvgIpc) is 2.59. The number of hydrogen-bond donors (Lipinski definition) is 0. The van der Waals surface area contributed by atoms with Crippen LogP contribution in [0.3, 0.4) is 0 Å². The Morgan fingerprint density at radius 3 is 2.47 bits per heavy atom. The third kappa shape index (κ3) is 2.73. The van der Waals surface area contributed by atoms with E-state index in [1.54, 1.807) is 5.56 Å². The molecule has 1 fully saturated rings. The molecule has 0 N–H and O–H groups in total. The minimum Gasteiger partial charge on any atom is -0.0599 e. The molecule has 0 heterocycles. The van der Waals surface area contributed by atoms with Gasteiger partial charge in [-0.3, -0.25) is 0 Å². The lowest BCUT2D eigenvalue weighted by Gasteiger charge is -2.19. The van der Waals surface area contributed by atoms with Crippen LogP contribution >= 0.6 is 0 Å².